The summed E-state index contributed by atoms with van der Waals surface area (Å²) in [6.45, 7) is 1.97. The molecular formula is C21H17N3O2S. The van der Waals surface area contributed by atoms with E-state index < -0.39 is 0 Å². The van der Waals surface area contributed by atoms with Crippen molar-refractivity contribution in [2.45, 2.75) is 17.8 Å². The second-order valence-corrected chi connectivity index (χ2v) is 7.07. The van der Waals surface area contributed by atoms with E-state index in [2.05, 4.69) is 15.2 Å². The summed E-state index contributed by atoms with van der Waals surface area (Å²) in [5.41, 5.74) is 3.34. The predicted molar refractivity (Wildman–Crippen MR) is 109 cm³/mol. The SMILES string of the molecule is Cc1ccc2c(CSc3n[nH]c(/C=C/c4ccccc4)n3)cc(=O)oc2c1. The summed E-state index contributed by atoms with van der Waals surface area (Å²) in [4.78, 5) is 16.3. The average Bonchev–Trinajstić information content (AvgIpc) is 3.13. The van der Waals surface area contributed by atoms with Gasteiger partial charge < -0.3 is 4.42 Å². The van der Waals surface area contributed by atoms with Crippen LogP contribution in [0.25, 0.3) is 23.1 Å². The molecule has 4 rings (SSSR count). The number of aryl methyl sites for hydroxylation is 1. The van der Waals surface area contributed by atoms with E-state index in [0.717, 1.165) is 22.1 Å². The van der Waals surface area contributed by atoms with Gasteiger partial charge in [-0.15, -0.1) is 5.10 Å². The van der Waals surface area contributed by atoms with E-state index in [1.807, 2.05) is 67.6 Å². The molecule has 5 nitrogen and oxygen atoms in total. The molecule has 0 spiro atoms. The number of aromatic nitrogens is 3. The molecular weight excluding hydrogens is 358 g/mol. The smallest absolute Gasteiger partial charge is 0.336 e. The summed E-state index contributed by atoms with van der Waals surface area (Å²) < 4.78 is 5.30. The molecule has 0 amide bonds. The Labute approximate surface area is 160 Å². The van der Waals surface area contributed by atoms with Gasteiger partial charge in [0.2, 0.25) is 5.16 Å². The Hall–Kier alpha value is -3.12. The second kappa shape index (κ2) is 7.63. The molecule has 0 aliphatic rings. The highest BCUT2D eigenvalue weighted by molar-refractivity contribution is 7.98. The fourth-order valence-corrected chi connectivity index (χ4v) is 3.53. The Morgan fingerprint density at radius 1 is 1.11 bits per heavy atom. The van der Waals surface area contributed by atoms with E-state index in [1.165, 1.54) is 17.8 Å². The molecule has 4 aromatic rings. The molecule has 2 aromatic heterocycles. The van der Waals surface area contributed by atoms with E-state index in [4.69, 9.17) is 4.42 Å². The average molecular weight is 375 g/mol. The van der Waals surface area contributed by atoms with Crippen LogP contribution in [0.4, 0.5) is 0 Å². The molecule has 134 valence electrons. The number of hydrogen-bond acceptors (Lipinski definition) is 5. The van der Waals surface area contributed by atoms with Crippen LogP contribution in [0.1, 0.15) is 22.5 Å². The fourth-order valence-electron chi connectivity index (χ4n) is 2.74. The van der Waals surface area contributed by atoms with Crippen molar-refractivity contribution < 1.29 is 4.42 Å². The van der Waals surface area contributed by atoms with Crippen molar-refractivity contribution in [3.8, 4) is 0 Å². The number of H-pyrrole nitrogens is 1. The normalized spacial score (nSPS) is 11.4. The third kappa shape index (κ3) is 4.17. The number of rotatable bonds is 5. The fraction of sp³-hybridized carbons (Fsp3) is 0.0952. The molecule has 1 N–H and O–H groups in total. The van der Waals surface area contributed by atoms with Crippen molar-refractivity contribution in [1.29, 1.82) is 0 Å². The third-order valence-corrected chi connectivity index (χ3v) is 4.95. The van der Waals surface area contributed by atoms with Crippen molar-refractivity contribution in [3.05, 3.63) is 87.5 Å². The van der Waals surface area contributed by atoms with Gasteiger partial charge >= 0.3 is 5.63 Å². The Balaban J connectivity index is 1.50. The standard InChI is InChI=1S/C21H17N3O2S/c1-14-7-9-17-16(12-20(25)26-18(17)11-14)13-27-21-22-19(23-24-21)10-8-15-5-3-2-4-6-15/h2-12H,13H2,1H3,(H,22,23,24)/b10-8+. The highest BCUT2D eigenvalue weighted by Crippen LogP contribution is 2.25. The van der Waals surface area contributed by atoms with Crippen molar-refractivity contribution in [2.75, 3.05) is 0 Å². The van der Waals surface area contributed by atoms with Gasteiger partial charge in [0.05, 0.1) is 0 Å². The Morgan fingerprint density at radius 3 is 2.81 bits per heavy atom. The summed E-state index contributed by atoms with van der Waals surface area (Å²) in [7, 11) is 0. The summed E-state index contributed by atoms with van der Waals surface area (Å²) in [5, 5.41) is 8.73. The molecule has 6 heteroatoms. The largest absolute Gasteiger partial charge is 0.423 e. The first kappa shape index (κ1) is 17.3. The van der Waals surface area contributed by atoms with Crippen LogP contribution >= 0.6 is 11.8 Å². The maximum Gasteiger partial charge on any atom is 0.336 e. The lowest BCUT2D eigenvalue weighted by molar-refractivity contribution is 0.559. The van der Waals surface area contributed by atoms with Gasteiger partial charge in [0.25, 0.3) is 0 Å². The number of hydrogen-bond donors (Lipinski definition) is 1. The zero-order valence-electron chi connectivity index (χ0n) is 14.7. The highest BCUT2D eigenvalue weighted by Gasteiger charge is 2.08. The molecule has 0 aliphatic carbocycles. The van der Waals surface area contributed by atoms with E-state index in [0.29, 0.717) is 22.3 Å². The number of thioether (sulfide) groups is 1. The van der Waals surface area contributed by atoms with Crippen LogP contribution < -0.4 is 5.63 Å². The van der Waals surface area contributed by atoms with E-state index in [9.17, 15) is 4.79 Å². The summed E-state index contributed by atoms with van der Waals surface area (Å²) in [6, 6.07) is 17.4. The zero-order chi connectivity index (χ0) is 18.6. The van der Waals surface area contributed by atoms with Crippen LogP contribution in [-0.4, -0.2) is 15.2 Å². The maximum atomic E-state index is 11.8. The predicted octanol–water partition coefficient (Wildman–Crippen LogP) is 4.68. The number of aromatic amines is 1. The molecule has 0 aliphatic heterocycles. The highest BCUT2D eigenvalue weighted by atomic mass is 32.2. The van der Waals surface area contributed by atoms with Gasteiger partial charge in [0, 0.05) is 17.2 Å². The lowest BCUT2D eigenvalue weighted by Gasteiger charge is -2.04. The summed E-state index contributed by atoms with van der Waals surface area (Å²) in [6.07, 6.45) is 3.87. The van der Waals surface area contributed by atoms with Crippen molar-refractivity contribution >= 4 is 34.9 Å². The van der Waals surface area contributed by atoms with E-state index in [1.54, 1.807) is 0 Å². The van der Waals surface area contributed by atoms with Gasteiger partial charge in [-0.25, -0.2) is 9.78 Å². The van der Waals surface area contributed by atoms with Crippen LogP contribution in [0.15, 0.2) is 69.0 Å². The first-order valence-corrected chi connectivity index (χ1v) is 9.48. The first-order valence-electron chi connectivity index (χ1n) is 8.49. The van der Waals surface area contributed by atoms with Crippen LogP contribution in [0.3, 0.4) is 0 Å². The number of nitrogens with one attached hydrogen (secondary N) is 1. The molecule has 0 radical (unpaired) electrons. The lowest BCUT2D eigenvalue weighted by atomic mass is 10.1. The summed E-state index contributed by atoms with van der Waals surface area (Å²) >= 11 is 1.48. The first-order chi connectivity index (χ1) is 13.2. The number of fused-ring (bicyclic) bond motifs is 1. The topological polar surface area (TPSA) is 71.8 Å². The van der Waals surface area contributed by atoms with Crippen LogP contribution in [0.2, 0.25) is 0 Å². The van der Waals surface area contributed by atoms with Gasteiger partial charge in [0.1, 0.15) is 11.4 Å². The monoisotopic (exact) mass is 375 g/mol. The second-order valence-electron chi connectivity index (χ2n) is 6.13. The van der Waals surface area contributed by atoms with Crippen molar-refractivity contribution in [2.24, 2.45) is 0 Å². The lowest BCUT2D eigenvalue weighted by Crippen LogP contribution is -2.00. The maximum absolute atomic E-state index is 11.8. The molecule has 0 atom stereocenters. The quantitative estimate of drug-likeness (QED) is 0.405. The van der Waals surface area contributed by atoms with Crippen LogP contribution in [0.5, 0.6) is 0 Å². The van der Waals surface area contributed by atoms with Gasteiger partial charge in [-0.1, -0.05) is 60.3 Å². The van der Waals surface area contributed by atoms with Crippen LogP contribution in [0, 0.1) is 6.92 Å². The summed E-state index contributed by atoms with van der Waals surface area (Å²) in [5.74, 6) is 1.28. The van der Waals surface area contributed by atoms with Gasteiger partial charge in [-0.3, -0.25) is 5.10 Å². The minimum atomic E-state index is -0.342. The molecule has 0 unspecified atom stereocenters. The zero-order valence-corrected chi connectivity index (χ0v) is 15.5. The number of nitrogens with zero attached hydrogens (tertiary/aromatic N) is 2. The van der Waals surface area contributed by atoms with Gasteiger partial charge in [-0.2, -0.15) is 0 Å². The number of benzene rings is 2. The Bertz CT molecular complexity index is 1160. The minimum Gasteiger partial charge on any atom is -0.423 e. The molecule has 0 saturated carbocycles. The van der Waals surface area contributed by atoms with Crippen LogP contribution in [-0.2, 0) is 5.75 Å². The molecule has 0 saturated heterocycles. The van der Waals surface area contributed by atoms with Gasteiger partial charge in [-0.05, 0) is 35.8 Å². The Morgan fingerprint density at radius 2 is 1.96 bits per heavy atom. The molecule has 0 fully saturated rings. The Kier molecular flexibility index (Phi) is 4.89. The minimum absolute atomic E-state index is 0.342. The van der Waals surface area contributed by atoms with Crippen molar-refractivity contribution in [3.63, 3.8) is 0 Å². The third-order valence-electron chi connectivity index (χ3n) is 4.06. The molecule has 27 heavy (non-hydrogen) atoms. The van der Waals surface area contributed by atoms with E-state index >= 15 is 0 Å². The molecule has 2 heterocycles. The van der Waals surface area contributed by atoms with Gasteiger partial charge in [0.15, 0.2) is 0 Å². The van der Waals surface area contributed by atoms with Crippen molar-refractivity contribution in [1.82, 2.24) is 15.2 Å². The molecule has 0 bridgehead atoms. The van der Waals surface area contributed by atoms with E-state index in [-0.39, 0.29) is 5.63 Å². The molecule has 2 aromatic carbocycles.